The third-order valence-corrected chi connectivity index (χ3v) is 5.40. The number of alkyl halides is 3. The first-order chi connectivity index (χ1) is 11.1. The Morgan fingerprint density at radius 3 is 2.71 bits per heavy atom. The van der Waals surface area contributed by atoms with Crippen LogP contribution in [0.25, 0.3) is 0 Å². The van der Waals surface area contributed by atoms with Crippen LogP contribution in [0.1, 0.15) is 23.2 Å². The van der Waals surface area contributed by atoms with E-state index in [1.165, 1.54) is 18.2 Å². The van der Waals surface area contributed by atoms with Crippen LogP contribution < -0.4 is 5.32 Å². The Bertz CT molecular complexity index is 706. The van der Waals surface area contributed by atoms with Gasteiger partial charge in [0, 0.05) is 18.7 Å². The van der Waals surface area contributed by atoms with E-state index in [0.29, 0.717) is 12.8 Å². The maximum Gasteiger partial charge on any atom is 0.405 e. The lowest BCUT2D eigenvalue weighted by Gasteiger charge is -2.29. The number of aliphatic hydroxyl groups is 1. The SMILES string of the molecule is O=C(NCC(F)(F)F)c1cccc(S(=O)(=O)N2CCCC(O)C2)c1. The van der Waals surface area contributed by atoms with Crippen LogP contribution in [0, 0.1) is 0 Å². The van der Waals surface area contributed by atoms with Crippen molar-refractivity contribution >= 4 is 15.9 Å². The smallest absolute Gasteiger partial charge is 0.392 e. The van der Waals surface area contributed by atoms with Crippen LogP contribution in [0.3, 0.4) is 0 Å². The van der Waals surface area contributed by atoms with Crippen LogP contribution in [-0.2, 0) is 10.0 Å². The van der Waals surface area contributed by atoms with Gasteiger partial charge in [0.25, 0.3) is 5.91 Å². The number of halogens is 3. The van der Waals surface area contributed by atoms with Gasteiger partial charge < -0.3 is 10.4 Å². The van der Waals surface area contributed by atoms with Crippen molar-refractivity contribution in [2.75, 3.05) is 19.6 Å². The van der Waals surface area contributed by atoms with Crippen LogP contribution in [0.5, 0.6) is 0 Å². The second kappa shape index (κ2) is 7.08. The number of hydrogen-bond donors (Lipinski definition) is 2. The Morgan fingerprint density at radius 1 is 1.38 bits per heavy atom. The maximum absolute atomic E-state index is 12.5. The lowest BCUT2D eigenvalue weighted by Crippen LogP contribution is -2.42. The van der Waals surface area contributed by atoms with Crippen LogP contribution in [0.2, 0.25) is 0 Å². The number of amides is 1. The van der Waals surface area contributed by atoms with Gasteiger partial charge in [0.05, 0.1) is 11.0 Å². The molecule has 1 unspecified atom stereocenters. The van der Waals surface area contributed by atoms with E-state index in [1.54, 1.807) is 5.32 Å². The van der Waals surface area contributed by atoms with Crippen LogP contribution in [0.4, 0.5) is 13.2 Å². The molecule has 0 saturated carbocycles. The molecule has 1 fully saturated rings. The highest BCUT2D eigenvalue weighted by Gasteiger charge is 2.31. The van der Waals surface area contributed by atoms with E-state index < -0.39 is 34.8 Å². The molecule has 6 nitrogen and oxygen atoms in total. The van der Waals surface area contributed by atoms with Gasteiger partial charge in [-0.15, -0.1) is 0 Å². The fourth-order valence-electron chi connectivity index (χ4n) is 2.37. The summed E-state index contributed by atoms with van der Waals surface area (Å²) in [7, 11) is -3.92. The average Bonchev–Trinajstić information content (AvgIpc) is 2.52. The molecule has 0 spiro atoms. The molecule has 0 radical (unpaired) electrons. The average molecular weight is 366 g/mol. The Kier molecular flexibility index (Phi) is 5.51. The molecule has 1 amide bonds. The third-order valence-electron chi connectivity index (χ3n) is 3.54. The minimum atomic E-state index is -4.55. The summed E-state index contributed by atoms with van der Waals surface area (Å²) in [5.74, 6) is -1.01. The number of sulfonamides is 1. The van der Waals surface area contributed by atoms with E-state index in [-0.39, 0.29) is 23.5 Å². The molecule has 24 heavy (non-hydrogen) atoms. The summed E-state index contributed by atoms with van der Waals surface area (Å²) < 4.78 is 62.6. The van der Waals surface area contributed by atoms with E-state index in [2.05, 4.69) is 0 Å². The van der Waals surface area contributed by atoms with Crippen LogP contribution >= 0.6 is 0 Å². The van der Waals surface area contributed by atoms with Gasteiger partial charge >= 0.3 is 6.18 Å². The molecule has 1 saturated heterocycles. The fraction of sp³-hybridized carbons (Fsp3) is 0.500. The number of β-amino-alcohol motifs (C(OH)–C–C–N with tert-alkyl or cyclic N) is 1. The molecule has 0 aliphatic carbocycles. The molecule has 1 aliphatic rings. The molecule has 1 aromatic carbocycles. The minimum absolute atomic E-state index is 0.0488. The number of carbonyl (C=O) groups is 1. The van der Waals surface area contributed by atoms with Crippen molar-refractivity contribution in [3.8, 4) is 0 Å². The lowest BCUT2D eigenvalue weighted by molar-refractivity contribution is -0.123. The summed E-state index contributed by atoms with van der Waals surface area (Å²) >= 11 is 0. The normalized spacial score (nSPS) is 19.9. The van der Waals surface area contributed by atoms with Crippen LogP contribution in [0.15, 0.2) is 29.2 Å². The molecule has 0 aromatic heterocycles. The zero-order valence-electron chi connectivity index (χ0n) is 12.6. The zero-order valence-corrected chi connectivity index (χ0v) is 13.4. The summed E-state index contributed by atoms with van der Waals surface area (Å²) in [5, 5.41) is 11.3. The van der Waals surface area contributed by atoms with Crippen molar-refractivity contribution in [1.82, 2.24) is 9.62 Å². The highest BCUT2D eigenvalue weighted by atomic mass is 32.2. The van der Waals surface area contributed by atoms with Crippen LogP contribution in [-0.4, -0.2) is 55.7 Å². The summed E-state index contributed by atoms with van der Waals surface area (Å²) in [6, 6.07) is 4.81. The molecule has 134 valence electrons. The molecule has 1 aromatic rings. The maximum atomic E-state index is 12.5. The molecular formula is C14H17F3N2O4S. The highest BCUT2D eigenvalue weighted by Crippen LogP contribution is 2.22. The number of piperidine rings is 1. The Balaban J connectivity index is 2.18. The molecule has 1 atom stereocenters. The minimum Gasteiger partial charge on any atom is -0.392 e. The van der Waals surface area contributed by atoms with Crippen molar-refractivity contribution in [3.05, 3.63) is 29.8 Å². The second-order valence-corrected chi connectivity index (χ2v) is 7.42. The Morgan fingerprint density at radius 2 is 2.08 bits per heavy atom. The van der Waals surface area contributed by atoms with Gasteiger partial charge in [-0.25, -0.2) is 8.42 Å². The number of hydrogen-bond acceptors (Lipinski definition) is 4. The molecule has 10 heteroatoms. The third kappa shape index (κ3) is 4.68. The second-order valence-electron chi connectivity index (χ2n) is 5.48. The summed E-state index contributed by atoms with van der Waals surface area (Å²) in [6.45, 7) is -1.31. The highest BCUT2D eigenvalue weighted by molar-refractivity contribution is 7.89. The standard InChI is InChI=1S/C14H17F3N2O4S/c15-14(16,17)9-18-13(21)10-3-1-5-12(7-10)24(22,23)19-6-2-4-11(20)8-19/h1,3,5,7,11,20H,2,4,6,8-9H2,(H,18,21). The number of carbonyl (C=O) groups excluding carboxylic acids is 1. The predicted molar refractivity (Wildman–Crippen MR) is 78.8 cm³/mol. The lowest BCUT2D eigenvalue weighted by atomic mass is 10.1. The van der Waals surface area contributed by atoms with Crippen molar-refractivity contribution in [3.63, 3.8) is 0 Å². The van der Waals surface area contributed by atoms with Gasteiger partial charge in [-0.1, -0.05) is 6.07 Å². The molecule has 1 heterocycles. The number of nitrogens with zero attached hydrogens (tertiary/aromatic N) is 1. The number of rotatable bonds is 4. The van der Waals surface area contributed by atoms with Crippen molar-refractivity contribution in [2.45, 2.75) is 30.0 Å². The zero-order chi connectivity index (χ0) is 18.0. The fourth-order valence-corrected chi connectivity index (χ4v) is 3.93. The van der Waals surface area contributed by atoms with E-state index >= 15 is 0 Å². The largest absolute Gasteiger partial charge is 0.405 e. The van der Waals surface area contributed by atoms with Gasteiger partial charge in [0.1, 0.15) is 6.54 Å². The topological polar surface area (TPSA) is 86.7 Å². The first kappa shape index (κ1) is 18.7. The van der Waals surface area contributed by atoms with Crippen molar-refractivity contribution < 1.29 is 31.5 Å². The summed E-state index contributed by atoms with van der Waals surface area (Å²) in [4.78, 5) is 11.5. The van der Waals surface area contributed by atoms with E-state index in [1.807, 2.05) is 0 Å². The van der Waals surface area contributed by atoms with Crippen molar-refractivity contribution in [1.29, 1.82) is 0 Å². The Hall–Kier alpha value is -1.65. The van der Waals surface area contributed by atoms with Gasteiger partial charge in [0.15, 0.2) is 0 Å². The first-order valence-electron chi connectivity index (χ1n) is 7.23. The molecule has 1 aliphatic heterocycles. The summed E-state index contributed by atoms with van der Waals surface area (Å²) in [5.41, 5.74) is -0.183. The Labute approximate surface area is 137 Å². The van der Waals surface area contributed by atoms with Gasteiger partial charge in [-0.05, 0) is 31.0 Å². The van der Waals surface area contributed by atoms with E-state index in [0.717, 1.165) is 10.4 Å². The molecule has 2 rings (SSSR count). The van der Waals surface area contributed by atoms with Gasteiger partial charge in [-0.3, -0.25) is 4.79 Å². The number of aliphatic hydroxyl groups excluding tert-OH is 1. The first-order valence-corrected chi connectivity index (χ1v) is 8.67. The van der Waals surface area contributed by atoms with Crippen molar-refractivity contribution in [2.24, 2.45) is 0 Å². The molecular weight excluding hydrogens is 349 g/mol. The van der Waals surface area contributed by atoms with Gasteiger partial charge in [0.2, 0.25) is 10.0 Å². The van der Waals surface area contributed by atoms with E-state index in [4.69, 9.17) is 0 Å². The quantitative estimate of drug-likeness (QED) is 0.836. The number of benzene rings is 1. The van der Waals surface area contributed by atoms with E-state index in [9.17, 15) is 31.5 Å². The molecule has 2 N–H and O–H groups in total. The summed E-state index contributed by atoms with van der Waals surface area (Å²) in [6.07, 6.45) is -4.30. The molecule has 0 bridgehead atoms. The number of nitrogens with one attached hydrogen (secondary N) is 1. The predicted octanol–water partition coefficient (Wildman–Crippen LogP) is 1.12. The van der Waals surface area contributed by atoms with Gasteiger partial charge in [-0.2, -0.15) is 17.5 Å². The monoisotopic (exact) mass is 366 g/mol.